The van der Waals surface area contributed by atoms with Crippen LogP contribution in [0.15, 0.2) is 71.2 Å². The van der Waals surface area contributed by atoms with Crippen molar-refractivity contribution in [3.8, 4) is 0 Å². The van der Waals surface area contributed by atoms with Gasteiger partial charge in [-0.3, -0.25) is 14.4 Å². The molecular weight excluding hydrogens is 396 g/mol. The summed E-state index contributed by atoms with van der Waals surface area (Å²) in [5, 5.41) is 4.78. The number of carbonyl (C=O) groups excluding carboxylic acids is 2. The van der Waals surface area contributed by atoms with Gasteiger partial charge in [0.2, 0.25) is 5.91 Å². The van der Waals surface area contributed by atoms with Crippen LogP contribution in [-0.4, -0.2) is 18.4 Å². The monoisotopic (exact) mass is 412 g/mol. The standard InChI is InChI=1S/C20H17BrN2O3/c21-16-8-10-17(11-9-16)22-20(25)13-26-23-19(24)12-15-6-3-5-14-4-1-2-7-18(14)15/h1-11H,12-13H2,(H,22,25)(H,23,24). The number of hydroxylamine groups is 1. The average Bonchev–Trinajstić information content (AvgIpc) is 2.64. The van der Waals surface area contributed by atoms with Crippen molar-refractivity contribution in [2.24, 2.45) is 0 Å². The van der Waals surface area contributed by atoms with E-state index in [0.29, 0.717) is 5.69 Å². The smallest absolute Gasteiger partial charge is 0.253 e. The van der Waals surface area contributed by atoms with Gasteiger partial charge in [0.1, 0.15) is 0 Å². The molecule has 3 rings (SSSR count). The Kier molecular flexibility index (Phi) is 5.99. The van der Waals surface area contributed by atoms with Crippen LogP contribution in [0.3, 0.4) is 0 Å². The van der Waals surface area contributed by atoms with Gasteiger partial charge < -0.3 is 5.32 Å². The first kappa shape index (κ1) is 18.1. The molecule has 26 heavy (non-hydrogen) atoms. The topological polar surface area (TPSA) is 67.4 Å². The van der Waals surface area contributed by atoms with Gasteiger partial charge >= 0.3 is 0 Å². The van der Waals surface area contributed by atoms with E-state index in [1.807, 2.05) is 54.6 Å². The van der Waals surface area contributed by atoms with Crippen molar-refractivity contribution < 1.29 is 14.4 Å². The quantitative estimate of drug-likeness (QED) is 0.604. The van der Waals surface area contributed by atoms with E-state index in [4.69, 9.17) is 4.84 Å². The average molecular weight is 413 g/mol. The van der Waals surface area contributed by atoms with Crippen LogP contribution in [0.25, 0.3) is 10.8 Å². The number of benzene rings is 3. The molecule has 0 aliphatic heterocycles. The highest BCUT2D eigenvalue weighted by molar-refractivity contribution is 9.10. The normalized spacial score (nSPS) is 10.5. The van der Waals surface area contributed by atoms with E-state index < -0.39 is 0 Å². The number of anilines is 1. The van der Waals surface area contributed by atoms with E-state index >= 15 is 0 Å². The van der Waals surface area contributed by atoms with Crippen molar-refractivity contribution in [3.05, 3.63) is 76.8 Å². The minimum absolute atomic E-state index is 0.176. The van der Waals surface area contributed by atoms with Crippen LogP contribution in [0.5, 0.6) is 0 Å². The number of nitrogens with one attached hydrogen (secondary N) is 2. The van der Waals surface area contributed by atoms with Crippen molar-refractivity contribution in [2.75, 3.05) is 11.9 Å². The van der Waals surface area contributed by atoms with Crippen LogP contribution < -0.4 is 10.8 Å². The molecule has 2 amide bonds. The molecule has 0 aliphatic rings. The first-order valence-corrected chi connectivity index (χ1v) is 8.84. The van der Waals surface area contributed by atoms with Crippen molar-refractivity contribution in [1.29, 1.82) is 0 Å². The zero-order valence-electron chi connectivity index (χ0n) is 13.9. The number of fused-ring (bicyclic) bond motifs is 1. The Hall–Kier alpha value is -2.70. The van der Waals surface area contributed by atoms with E-state index in [2.05, 4.69) is 26.7 Å². The second-order valence-electron chi connectivity index (χ2n) is 5.68. The van der Waals surface area contributed by atoms with E-state index in [1.165, 1.54) is 0 Å². The highest BCUT2D eigenvalue weighted by Gasteiger charge is 2.08. The lowest BCUT2D eigenvalue weighted by atomic mass is 10.0. The maximum atomic E-state index is 12.1. The van der Waals surface area contributed by atoms with Crippen LogP contribution in [0.1, 0.15) is 5.56 Å². The Morgan fingerprint density at radius 2 is 1.62 bits per heavy atom. The first-order valence-electron chi connectivity index (χ1n) is 8.04. The third-order valence-electron chi connectivity index (χ3n) is 3.75. The van der Waals surface area contributed by atoms with Gasteiger partial charge in [-0.15, -0.1) is 0 Å². The molecule has 0 saturated carbocycles. The van der Waals surface area contributed by atoms with Crippen LogP contribution >= 0.6 is 15.9 Å². The van der Waals surface area contributed by atoms with Gasteiger partial charge in [0.25, 0.3) is 5.91 Å². The fourth-order valence-corrected chi connectivity index (χ4v) is 2.83. The molecule has 0 aromatic heterocycles. The van der Waals surface area contributed by atoms with Gasteiger partial charge in [-0.25, -0.2) is 5.48 Å². The second kappa shape index (κ2) is 8.60. The number of halogens is 1. The molecule has 0 spiro atoms. The minimum Gasteiger partial charge on any atom is -0.324 e. The number of rotatable bonds is 6. The van der Waals surface area contributed by atoms with Crippen LogP contribution in [-0.2, 0) is 20.8 Å². The van der Waals surface area contributed by atoms with Gasteiger partial charge in [-0.05, 0) is 40.6 Å². The molecule has 0 atom stereocenters. The maximum Gasteiger partial charge on any atom is 0.253 e. The molecule has 132 valence electrons. The van der Waals surface area contributed by atoms with Crippen LogP contribution in [0, 0.1) is 0 Å². The lowest BCUT2D eigenvalue weighted by molar-refractivity contribution is -0.136. The molecule has 0 fully saturated rings. The zero-order valence-corrected chi connectivity index (χ0v) is 15.5. The summed E-state index contributed by atoms with van der Waals surface area (Å²) in [7, 11) is 0. The highest BCUT2D eigenvalue weighted by atomic mass is 79.9. The van der Waals surface area contributed by atoms with Crippen molar-refractivity contribution in [1.82, 2.24) is 5.48 Å². The summed E-state index contributed by atoms with van der Waals surface area (Å²) < 4.78 is 0.924. The summed E-state index contributed by atoms with van der Waals surface area (Å²) in [6.07, 6.45) is 0.176. The number of carbonyl (C=O) groups is 2. The maximum absolute atomic E-state index is 12.1. The molecule has 5 nitrogen and oxygen atoms in total. The molecule has 0 radical (unpaired) electrons. The summed E-state index contributed by atoms with van der Waals surface area (Å²) >= 11 is 3.33. The van der Waals surface area contributed by atoms with Gasteiger partial charge in [-0.1, -0.05) is 58.4 Å². The number of amides is 2. The fraction of sp³-hybridized carbons (Fsp3) is 0.100. The van der Waals surface area contributed by atoms with E-state index in [-0.39, 0.29) is 24.8 Å². The summed E-state index contributed by atoms with van der Waals surface area (Å²) in [6.45, 7) is -0.267. The number of hydrogen-bond donors (Lipinski definition) is 2. The molecular formula is C20H17BrN2O3. The van der Waals surface area contributed by atoms with Crippen molar-refractivity contribution in [3.63, 3.8) is 0 Å². The predicted octanol–water partition coefficient (Wildman–Crippen LogP) is 3.83. The van der Waals surface area contributed by atoms with Gasteiger partial charge in [0.15, 0.2) is 6.61 Å². The minimum atomic E-state index is -0.349. The Morgan fingerprint density at radius 1 is 0.885 bits per heavy atom. The molecule has 0 unspecified atom stereocenters. The Morgan fingerprint density at radius 3 is 2.42 bits per heavy atom. The lowest BCUT2D eigenvalue weighted by Crippen LogP contribution is -2.30. The molecule has 3 aromatic rings. The predicted molar refractivity (Wildman–Crippen MR) is 105 cm³/mol. The zero-order chi connectivity index (χ0) is 18.4. The number of hydrogen-bond acceptors (Lipinski definition) is 3. The third-order valence-corrected chi connectivity index (χ3v) is 4.28. The Bertz CT molecular complexity index is 920. The molecule has 6 heteroatoms. The molecule has 0 aliphatic carbocycles. The third kappa shape index (κ3) is 4.91. The first-order chi connectivity index (χ1) is 12.6. The SMILES string of the molecule is O=C(Cc1cccc2ccccc12)NOCC(=O)Nc1ccc(Br)cc1. The van der Waals surface area contributed by atoms with Gasteiger partial charge in [0.05, 0.1) is 6.42 Å². The summed E-state index contributed by atoms with van der Waals surface area (Å²) in [6, 6.07) is 20.9. The molecule has 0 saturated heterocycles. The van der Waals surface area contributed by atoms with E-state index in [9.17, 15) is 9.59 Å². The lowest BCUT2D eigenvalue weighted by Gasteiger charge is -2.09. The molecule has 0 heterocycles. The summed E-state index contributed by atoms with van der Waals surface area (Å²) in [5.41, 5.74) is 3.88. The van der Waals surface area contributed by atoms with Crippen LogP contribution in [0.4, 0.5) is 5.69 Å². The van der Waals surface area contributed by atoms with Crippen molar-refractivity contribution >= 4 is 44.2 Å². The summed E-state index contributed by atoms with van der Waals surface area (Å²) in [4.78, 5) is 28.9. The fourth-order valence-electron chi connectivity index (χ4n) is 2.57. The van der Waals surface area contributed by atoms with Crippen molar-refractivity contribution in [2.45, 2.75) is 6.42 Å². The highest BCUT2D eigenvalue weighted by Crippen LogP contribution is 2.18. The summed E-state index contributed by atoms with van der Waals surface area (Å²) in [5.74, 6) is -0.657. The van der Waals surface area contributed by atoms with Crippen LogP contribution in [0.2, 0.25) is 0 Å². The second-order valence-corrected chi connectivity index (χ2v) is 6.60. The Labute approximate surface area is 159 Å². The van der Waals surface area contributed by atoms with E-state index in [1.54, 1.807) is 12.1 Å². The Balaban J connectivity index is 1.48. The largest absolute Gasteiger partial charge is 0.324 e. The van der Waals surface area contributed by atoms with Gasteiger partial charge in [-0.2, -0.15) is 0 Å². The van der Waals surface area contributed by atoms with E-state index in [0.717, 1.165) is 20.8 Å². The van der Waals surface area contributed by atoms with Gasteiger partial charge in [0, 0.05) is 10.2 Å². The molecule has 2 N–H and O–H groups in total. The molecule has 3 aromatic carbocycles. The molecule has 0 bridgehead atoms.